The summed E-state index contributed by atoms with van der Waals surface area (Å²) in [5.41, 5.74) is 4.00. The zero-order valence-electron chi connectivity index (χ0n) is 12.0. The summed E-state index contributed by atoms with van der Waals surface area (Å²) in [4.78, 5) is 0. The third-order valence-corrected chi connectivity index (χ3v) is 4.31. The van der Waals surface area contributed by atoms with Gasteiger partial charge in [0.1, 0.15) is 5.82 Å². The van der Waals surface area contributed by atoms with E-state index in [9.17, 15) is 4.39 Å². The van der Waals surface area contributed by atoms with Crippen molar-refractivity contribution < 1.29 is 4.39 Å². The lowest BCUT2D eigenvalue weighted by atomic mass is 9.71. The number of hydrogen-bond donors (Lipinski definition) is 1. The van der Waals surface area contributed by atoms with Crippen LogP contribution >= 0.6 is 0 Å². The Kier molecular flexibility index (Phi) is 3.25. The van der Waals surface area contributed by atoms with Crippen LogP contribution in [-0.4, -0.2) is 0 Å². The highest BCUT2D eigenvalue weighted by Crippen LogP contribution is 2.42. The lowest BCUT2D eigenvalue weighted by Crippen LogP contribution is -2.29. The van der Waals surface area contributed by atoms with Crippen molar-refractivity contribution in [1.29, 1.82) is 0 Å². The van der Waals surface area contributed by atoms with Crippen molar-refractivity contribution in [3.8, 4) is 0 Å². The number of nitrogens with one attached hydrogen (secondary N) is 1. The van der Waals surface area contributed by atoms with Crippen molar-refractivity contribution in [3.63, 3.8) is 0 Å². The summed E-state index contributed by atoms with van der Waals surface area (Å²) in [5.74, 6) is -0.194. The Morgan fingerprint density at radius 3 is 2.50 bits per heavy atom. The molecule has 0 saturated carbocycles. The van der Waals surface area contributed by atoms with Crippen LogP contribution < -0.4 is 5.32 Å². The highest BCUT2D eigenvalue weighted by atomic mass is 19.1. The smallest absolute Gasteiger partial charge is 0.123 e. The Labute approximate surface area is 119 Å². The largest absolute Gasteiger partial charge is 0.378 e. The van der Waals surface area contributed by atoms with Crippen LogP contribution in [0, 0.1) is 5.82 Å². The number of hydrogen-bond acceptors (Lipinski definition) is 1. The molecule has 0 radical (unpaired) electrons. The Hall–Kier alpha value is -1.83. The number of fused-ring (bicyclic) bond motifs is 1. The van der Waals surface area contributed by atoms with Gasteiger partial charge in [0.2, 0.25) is 0 Å². The molecule has 1 atom stereocenters. The number of halogens is 1. The summed E-state index contributed by atoms with van der Waals surface area (Å²) in [5, 5.41) is 3.54. The van der Waals surface area contributed by atoms with E-state index in [1.54, 1.807) is 12.1 Å². The molecule has 0 aromatic heterocycles. The van der Waals surface area contributed by atoms with Crippen molar-refractivity contribution in [2.45, 2.75) is 38.1 Å². The molecule has 20 heavy (non-hydrogen) atoms. The lowest BCUT2D eigenvalue weighted by molar-refractivity contribution is 0.406. The van der Waals surface area contributed by atoms with Gasteiger partial charge in [0, 0.05) is 5.69 Å². The van der Waals surface area contributed by atoms with Gasteiger partial charge in [-0.25, -0.2) is 4.39 Å². The summed E-state index contributed by atoms with van der Waals surface area (Å²) in [6.45, 7) is 4.61. The number of benzene rings is 2. The zero-order chi connectivity index (χ0) is 14.2. The molecular weight excluding hydrogens is 249 g/mol. The average Bonchev–Trinajstić information content (AvgIpc) is 2.45. The summed E-state index contributed by atoms with van der Waals surface area (Å²) in [6.07, 6.45) is 2.25. The summed E-state index contributed by atoms with van der Waals surface area (Å²) in [7, 11) is 0. The molecule has 2 heteroatoms. The first kappa shape index (κ1) is 13.2. The van der Waals surface area contributed by atoms with E-state index < -0.39 is 0 Å². The van der Waals surface area contributed by atoms with Crippen LogP contribution in [-0.2, 0) is 5.41 Å². The molecule has 1 aliphatic carbocycles. The van der Waals surface area contributed by atoms with E-state index in [0.717, 1.165) is 18.5 Å². The maximum absolute atomic E-state index is 13.0. The molecule has 0 spiro atoms. The van der Waals surface area contributed by atoms with Crippen LogP contribution in [0.4, 0.5) is 10.1 Å². The monoisotopic (exact) mass is 269 g/mol. The van der Waals surface area contributed by atoms with E-state index in [-0.39, 0.29) is 11.2 Å². The van der Waals surface area contributed by atoms with Crippen molar-refractivity contribution in [1.82, 2.24) is 0 Å². The van der Waals surface area contributed by atoms with Crippen molar-refractivity contribution in [3.05, 3.63) is 65.5 Å². The second-order valence-electron chi connectivity index (χ2n) is 6.21. The van der Waals surface area contributed by atoms with Crippen molar-refractivity contribution in [2.75, 3.05) is 5.32 Å². The first-order valence-corrected chi connectivity index (χ1v) is 7.18. The average molecular weight is 269 g/mol. The molecule has 104 valence electrons. The van der Waals surface area contributed by atoms with Crippen LogP contribution in [0.2, 0.25) is 0 Å². The van der Waals surface area contributed by atoms with Gasteiger partial charge < -0.3 is 5.32 Å². The topological polar surface area (TPSA) is 12.0 Å². The Bertz CT molecular complexity index is 601. The Morgan fingerprint density at radius 1 is 1.05 bits per heavy atom. The van der Waals surface area contributed by atoms with Gasteiger partial charge in [-0.05, 0) is 53.6 Å². The first-order chi connectivity index (χ1) is 9.56. The fraction of sp³-hybridized carbons (Fsp3) is 0.333. The van der Waals surface area contributed by atoms with Gasteiger partial charge >= 0.3 is 0 Å². The fourth-order valence-corrected chi connectivity index (χ4v) is 3.11. The van der Waals surface area contributed by atoms with Gasteiger partial charge in [-0.2, -0.15) is 0 Å². The molecule has 1 aliphatic rings. The van der Waals surface area contributed by atoms with E-state index in [0.29, 0.717) is 6.04 Å². The maximum Gasteiger partial charge on any atom is 0.123 e. The quantitative estimate of drug-likeness (QED) is 0.804. The van der Waals surface area contributed by atoms with Crippen molar-refractivity contribution in [2.24, 2.45) is 0 Å². The van der Waals surface area contributed by atoms with E-state index in [2.05, 4.69) is 43.4 Å². The second-order valence-corrected chi connectivity index (χ2v) is 6.21. The first-order valence-electron chi connectivity index (χ1n) is 7.18. The molecule has 1 N–H and O–H groups in total. The second kappa shape index (κ2) is 4.93. The highest BCUT2D eigenvalue weighted by Gasteiger charge is 2.32. The molecule has 1 unspecified atom stereocenters. The number of rotatable bonds is 2. The van der Waals surface area contributed by atoms with E-state index in [1.165, 1.54) is 23.3 Å². The molecule has 2 aromatic carbocycles. The van der Waals surface area contributed by atoms with E-state index >= 15 is 0 Å². The predicted octanol–water partition coefficient (Wildman–Crippen LogP) is 5.05. The molecule has 0 aliphatic heterocycles. The number of anilines is 1. The molecule has 0 fully saturated rings. The molecule has 0 amide bonds. The van der Waals surface area contributed by atoms with E-state index in [4.69, 9.17) is 0 Å². The minimum Gasteiger partial charge on any atom is -0.378 e. The SMILES string of the molecule is CC1(C)CCC(Nc2ccc(F)cc2)c2ccccc21. The van der Waals surface area contributed by atoms with Crippen LogP contribution in [0.5, 0.6) is 0 Å². The Morgan fingerprint density at radius 2 is 1.75 bits per heavy atom. The van der Waals surface area contributed by atoms with Gasteiger partial charge in [0.25, 0.3) is 0 Å². The van der Waals surface area contributed by atoms with Crippen LogP contribution in [0.15, 0.2) is 48.5 Å². The summed E-state index contributed by atoms with van der Waals surface area (Å²) in [6, 6.07) is 15.6. The minimum atomic E-state index is -0.194. The normalized spacial score (nSPS) is 20.2. The minimum absolute atomic E-state index is 0.194. The van der Waals surface area contributed by atoms with Crippen molar-refractivity contribution >= 4 is 5.69 Å². The van der Waals surface area contributed by atoms with Gasteiger partial charge in [-0.3, -0.25) is 0 Å². The molecular formula is C18H20FN. The molecule has 1 nitrogen and oxygen atoms in total. The standard InChI is InChI=1S/C18H20FN/c1-18(2)12-11-17(15-5-3-4-6-16(15)18)20-14-9-7-13(19)8-10-14/h3-10,17,20H,11-12H2,1-2H3. The van der Waals surface area contributed by atoms with E-state index in [1.807, 2.05) is 0 Å². The predicted molar refractivity (Wildman–Crippen MR) is 81.5 cm³/mol. The maximum atomic E-state index is 13.0. The molecule has 0 heterocycles. The Balaban J connectivity index is 1.90. The van der Waals surface area contributed by atoms with Gasteiger partial charge in [0.15, 0.2) is 0 Å². The zero-order valence-corrected chi connectivity index (χ0v) is 12.0. The summed E-state index contributed by atoms with van der Waals surface area (Å²) < 4.78 is 13.0. The fourth-order valence-electron chi connectivity index (χ4n) is 3.11. The van der Waals surface area contributed by atoms with Crippen LogP contribution in [0.25, 0.3) is 0 Å². The third kappa shape index (κ3) is 2.43. The van der Waals surface area contributed by atoms with Gasteiger partial charge in [0.05, 0.1) is 6.04 Å². The third-order valence-electron chi connectivity index (χ3n) is 4.31. The molecule has 0 bridgehead atoms. The van der Waals surface area contributed by atoms with Gasteiger partial charge in [-0.1, -0.05) is 38.1 Å². The molecule has 2 aromatic rings. The molecule has 3 rings (SSSR count). The molecule has 0 saturated heterocycles. The van der Waals surface area contributed by atoms with Gasteiger partial charge in [-0.15, -0.1) is 0 Å². The van der Waals surface area contributed by atoms with Crippen LogP contribution in [0.1, 0.15) is 43.9 Å². The summed E-state index contributed by atoms with van der Waals surface area (Å²) >= 11 is 0. The van der Waals surface area contributed by atoms with Crippen LogP contribution in [0.3, 0.4) is 0 Å². The lowest BCUT2D eigenvalue weighted by Gasteiger charge is -2.37. The highest BCUT2D eigenvalue weighted by molar-refractivity contribution is 5.48.